The number of hydrogen-bond acceptors (Lipinski definition) is 10. The molecule has 3 aromatic heterocycles. The predicted molar refractivity (Wildman–Crippen MR) is 156 cm³/mol. The van der Waals surface area contributed by atoms with Crippen molar-refractivity contribution in [3.8, 4) is 28.5 Å². The number of para-hydroxylation sites is 1. The topological polar surface area (TPSA) is 156 Å². The van der Waals surface area contributed by atoms with Crippen LogP contribution in [0.25, 0.3) is 33.5 Å². The number of rotatable bonds is 9. The number of nitrogens with zero attached hydrogens (tertiary/aromatic N) is 3. The third-order valence-corrected chi connectivity index (χ3v) is 6.60. The van der Waals surface area contributed by atoms with E-state index in [1.807, 2.05) is 55.5 Å². The summed E-state index contributed by atoms with van der Waals surface area (Å²) < 4.78 is 27.7. The van der Waals surface area contributed by atoms with Crippen molar-refractivity contribution in [2.45, 2.75) is 27.0 Å². The molecule has 1 N–H and O–H groups in total. The molecular weight excluding hydrogens is 583 g/mol. The zero-order chi connectivity index (χ0) is 29.2. The van der Waals surface area contributed by atoms with Gasteiger partial charge in [-0.2, -0.15) is 4.98 Å². The number of fused-ring (bicyclic) bond motifs is 1. The van der Waals surface area contributed by atoms with E-state index < -0.39 is 17.5 Å². The SMILES string of the molecule is CCOc1nc2cccc(C(=O)OCc3oc(=O)oc3C)c2n1Cc1ccc(-c2ccccc2)c(-c2noc(=O)[nH]2)c1.[KH]. The molecule has 0 fully saturated rings. The Morgan fingerprint density at radius 2 is 1.81 bits per heavy atom. The molecule has 0 radical (unpaired) electrons. The van der Waals surface area contributed by atoms with Crippen molar-refractivity contribution in [3.05, 3.63) is 111 Å². The summed E-state index contributed by atoms with van der Waals surface area (Å²) in [6.07, 6.45) is 0. The van der Waals surface area contributed by atoms with E-state index in [-0.39, 0.29) is 87.4 Å². The van der Waals surface area contributed by atoms with Gasteiger partial charge in [-0.15, -0.1) is 0 Å². The summed E-state index contributed by atoms with van der Waals surface area (Å²) >= 11 is 0. The molecule has 0 bridgehead atoms. The molecule has 6 rings (SSSR count). The Labute approximate surface area is 286 Å². The molecule has 0 saturated heterocycles. The first-order chi connectivity index (χ1) is 20.4. The Kier molecular flexibility index (Phi) is 9.27. The minimum atomic E-state index is -0.868. The number of nitrogens with one attached hydrogen (secondary N) is 1. The molecule has 0 aliphatic carbocycles. The number of aromatic amines is 1. The van der Waals surface area contributed by atoms with Crippen LogP contribution in [0.5, 0.6) is 6.01 Å². The van der Waals surface area contributed by atoms with Gasteiger partial charge in [-0.05, 0) is 48.7 Å². The molecule has 6 aromatic rings. The number of benzene rings is 3. The predicted octanol–water partition coefficient (Wildman–Crippen LogP) is 4.06. The molecule has 12 nitrogen and oxygen atoms in total. The standard InChI is InChI=1S/C30H24N4O8.K.H/c1-3-38-28-31-23-11-7-10-21(27(35)39-16-24-17(2)40-30(37)41-24)25(23)34(28)15-18-12-13-20(19-8-5-4-6-9-19)22(14-18)26-32-29(36)42-33-26;;/h4-14H,3,15-16H2,1-2H3,(H,32,33,36);;. The fourth-order valence-electron chi connectivity index (χ4n) is 4.71. The molecule has 0 unspecified atom stereocenters. The third-order valence-electron chi connectivity index (χ3n) is 6.60. The first-order valence-corrected chi connectivity index (χ1v) is 13.0. The quantitative estimate of drug-likeness (QED) is 0.188. The second kappa shape index (κ2) is 13.1. The van der Waals surface area contributed by atoms with Crippen LogP contribution in [0.1, 0.15) is 34.4 Å². The third kappa shape index (κ3) is 6.35. The van der Waals surface area contributed by atoms with Crippen LogP contribution in [-0.2, 0) is 17.9 Å². The molecule has 0 spiro atoms. The molecular formula is C30H25KN4O8. The maximum atomic E-state index is 13.3. The van der Waals surface area contributed by atoms with Gasteiger partial charge in [-0.3, -0.25) is 14.1 Å². The molecule has 3 aromatic carbocycles. The Morgan fingerprint density at radius 3 is 2.51 bits per heavy atom. The van der Waals surface area contributed by atoms with Crippen LogP contribution in [0.15, 0.2) is 89.7 Å². The first kappa shape index (κ1) is 30.4. The molecule has 0 saturated carbocycles. The number of carbonyl (C=O) groups excluding carboxylic acids is 1. The Balaban J connectivity index is 0.00000368. The van der Waals surface area contributed by atoms with Gasteiger partial charge in [0.2, 0.25) is 0 Å². The van der Waals surface area contributed by atoms with E-state index in [1.54, 1.807) is 29.7 Å². The van der Waals surface area contributed by atoms with E-state index in [4.69, 9.17) is 22.8 Å². The number of hydrogen-bond donors (Lipinski definition) is 1. The van der Waals surface area contributed by atoms with E-state index in [0.717, 1.165) is 16.7 Å². The van der Waals surface area contributed by atoms with Gasteiger partial charge in [0.05, 0.1) is 29.7 Å². The number of H-pyrrole nitrogens is 1. The second-order valence-electron chi connectivity index (χ2n) is 9.29. The molecule has 0 aliphatic heterocycles. The van der Waals surface area contributed by atoms with Crippen molar-refractivity contribution in [3.63, 3.8) is 0 Å². The number of carbonyl (C=O) groups is 1. The van der Waals surface area contributed by atoms with Gasteiger partial charge >= 0.3 is 68.9 Å². The summed E-state index contributed by atoms with van der Waals surface area (Å²) in [5.41, 5.74) is 4.52. The van der Waals surface area contributed by atoms with E-state index in [1.165, 1.54) is 0 Å². The average Bonchev–Trinajstić information content (AvgIpc) is 3.68. The van der Waals surface area contributed by atoms with Gasteiger partial charge in [0.1, 0.15) is 0 Å². The van der Waals surface area contributed by atoms with E-state index >= 15 is 0 Å². The number of imidazole rings is 1. The average molecular weight is 609 g/mol. The number of esters is 1. The van der Waals surface area contributed by atoms with E-state index in [0.29, 0.717) is 29.2 Å². The number of aryl methyl sites for hydroxylation is 1. The van der Waals surface area contributed by atoms with Crippen LogP contribution < -0.4 is 16.3 Å². The Hall–Kier alpha value is -4.01. The molecule has 214 valence electrons. The fraction of sp³-hybridized carbons (Fsp3) is 0.167. The van der Waals surface area contributed by atoms with Gasteiger partial charge in [-0.1, -0.05) is 53.7 Å². The van der Waals surface area contributed by atoms with Crippen LogP contribution in [0.4, 0.5) is 0 Å². The molecule has 13 heteroatoms. The summed E-state index contributed by atoms with van der Waals surface area (Å²) in [6, 6.07) is 20.9. The maximum absolute atomic E-state index is 13.3. The van der Waals surface area contributed by atoms with Crippen LogP contribution in [0.3, 0.4) is 0 Å². The van der Waals surface area contributed by atoms with Crippen LogP contribution >= 0.6 is 0 Å². The van der Waals surface area contributed by atoms with Crippen molar-refractivity contribution in [1.29, 1.82) is 0 Å². The summed E-state index contributed by atoms with van der Waals surface area (Å²) in [5, 5.41) is 3.92. The van der Waals surface area contributed by atoms with Crippen molar-refractivity contribution in [2.24, 2.45) is 0 Å². The van der Waals surface area contributed by atoms with Crippen molar-refractivity contribution in [1.82, 2.24) is 19.7 Å². The molecule has 0 atom stereocenters. The summed E-state index contributed by atoms with van der Waals surface area (Å²) in [5.74, 6) is -1.53. The van der Waals surface area contributed by atoms with E-state index in [2.05, 4.69) is 15.1 Å². The van der Waals surface area contributed by atoms with Gasteiger partial charge in [0, 0.05) is 5.56 Å². The van der Waals surface area contributed by atoms with Crippen LogP contribution in [-0.4, -0.2) is 83.7 Å². The molecule has 43 heavy (non-hydrogen) atoms. The molecule has 0 amide bonds. The summed E-state index contributed by atoms with van der Waals surface area (Å²) in [4.78, 5) is 43.7. The van der Waals surface area contributed by atoms with Crippen LogP contribution in [0.2, 0.25) is 0 Å². The summed E-state index contributed by atoms with van der Waals surface area (Å²) in [6.45, 7) is 3.72. The van der Waals surface area contributed by atoms with Crippen molar-refractivity contribution < 1.29 is 27.6 Å². The normalized spacial score (nSPS) is 10.9. The molecule has 0 aliphatic rings. The molecule has 3 heterocycles. The van der Waals surface area contributed by atoms with E-state index in [9.17, 15) is 14.4 Å². The fourth-order valence-corrected chi connectivity index (χ4v) is 4.71. The zero-order valence-corrected chi connectivity index (χ0v) is 22.6. The van der Waals surface area contributed by atoms with Gasteiger partial charge < -0.3 is 18.3 Å². The van der Waals surface area contributed by atoms with Gasteiger partial charge in [0.25, 0.3) is 6.01 Å². The van der Waals surface area contributed by atoms with Crippen molar-refractivity contribution in [2.75, 3.05) is 6.61 Å². The minimum absolute atomic E-state index is 0. The van der Waals surface area contributed by atoms with Gasteiger partial charge in [0.15, 0.2) is 24.0 Å². The first-order valence-electron chi connectivity index (χ1n) is 13.0. The Morgan fingerprint density at radius 1 is 1.00 bits per heavy atom. The zero-order valence-electron chi connectivity index (χ0n) is 22.6. The Bertz CT molecular complexity index is 2020. The number of ether oxygens (including phenoxy) is 2. The van der Waals surface area contributed by atoms with Crippen molar-refractivity contribution >= 4 is 68.4 Å². The monoisotopic (exact) mass is 608 g/mol. The second-order valence-corrected chi connectivity index (χ2v) is 9.29. The number of aromatic nitrogens is 4. The van der Waals surface area contributed by atoms with Gasteiger partial charge in [-0.25, -0.2) is 14.4 Å². The van der Waals surface area contributed by atoms with Crippen LogP contribution in [0, 0.1) is 6.92 Å². The summed E-state index contributed by atoms with van der Waals surface area (Å²) in [7, 11) is 0.